The smallest absolute Gasteiger partial charge is 0.331 e. The zero-order valence-electron chi connectivity index (χ0n) is 16.2. The fourth-order valence-corrected chi connectivity index (χ4v) is 3.37. The van der Waals surface area contributed by atoms with E-state index in [1.165, 1.54) is 10.1 Å². The van der Waals surface area contributed by atoms with Crippen molar-refractivity contribution < 1.29 is 4.79 Å². The van der Waals surface area contributed by atoms with Crippen LogP contribution in [0, 0.1) is 0 Å². The number of carbonyl (C=O) groups excluding carboxylic acids is 1. The van der Waals surface area contributed by atoms with Crippen molar-refractivity contribution in [1.29, 1.82) is 0 Å². The van der Waals surface area contributed by atoms with Gasteiger partial charge in [0.1, 0.15) is 6.54 Å². The largest absolute Gasteiger partial charge is 0.352 e. The van der Waals surface area contributed by atoms with E-state index in [2.05, 4.69) is 17.4 Å². The number of aromatic nitrogens is 2. The monoisotopic (exact) mass is 379 g/mol. The number of hydrogen-bond donors (Lipinski definition) is 1. The molecular weight excluding hydrogens is 354 g/mol. The molecule has 1 aromatic heterocycles. The van der Waals surface area contributed by atoms with Gasteiger partial charge in [-0.2, -0.15) is 0 Å². The third kappa shape index (κ3) is 4.22. The molecule has 0 spiro atoms. The summed E-state index contributed by atoms with van der Waals surface area (Å²) < 4.78 is 2.54. The Bertz CT molecular complexity index is 1080. The number of para-hydroxylation sites is 1. The molecule has 146 valence electrons. The van der Waals surface area contributed by atoms with Gasteiger partial charge in [0.25, 0.3) is 5.56 Å². The molecule has 1 amide bonds. The summed E-state index contributed by atoms with van der Waals surface area (Å²) in [7, 11) is 0. The topological polar surface area (TPSA) is 73.1 Å². The molecule has 1 N–H and O–H groups in total. The quantitative estimate of drug-likeness (QED) is 0.685. The average molecular weight is 379 g/mol. The molecule has 6 heteroatoms. The van der Waals surface area contributed by atoms with Gasteiger partial charge >= 0.3 is 5.69 Å². The molecule has 0 fully saturated rings. The third-order valence-electron chi connectivity index (χ3n) is 4.87. The number of aryl methyl sites for hydroxylation is 1. The van der Waals surface area contributed by atoms with Crippen molar-refractivity contribution >= 4 is 16.8 Å². The molecule has 1 heterocycles. The maximum Gasteiger partial charge on any atom is 0.331 e. The first-order valence-corrected chi connectivity index (χ1v) is 9.57. The lowest BCUT2D eigenvalue weighted by Crippen LogP contribution is -2.43. The fraction of sp³-hybridized carbons (Fsp3) is 0.318. The molecule has 0 aliphatic heterocycles. The number of hydrogen-bond acceptors (Lipinski definition) is 3. The van der Waals surface area contributed by atoms with Crippen molar-refractivity contribution in [2.24, 2.45) is 0 Å². The second-order valence-electron chi connectivity index (χ2n) is 6.93. The molecule has 0 unspecified atom stereocenters. The van der Waals surface area contributed by atoms with Crippen LogP contribution in [0.1, 0.15) is 25.8 Å². The van der Waals surface area contributed by atoms with Crippen LogP contribution in [0.3, 0.4) is 0 Å². The molecule has 0 radical (unpaired) electrons. The van der Waals surface area contributed by atoms with Crippen LogP contribution >= 0.6 is 0 Å². The van der Waals surface area contributed by atoms with E-state index in [1.807, 2.05) is 25.1 Å². The van der Waals surface area contributed by atoms with Crippen molar-refractivity contribution in [2.75, 3.05) is 0 Å². The predicted molar refractivity (Wildman–Crippen MR) is 111 cm³/mol. The Morgan fingerprint density at radius 1 is 1.00 bits per heavy atom. The summed E-state index contributed by atoms with van der Waals surface area (Å²) >= 11 is 0. The molecule has 0 bridgehead atoms. The van der Waals surface area contributed by atoms with Gasteiger partial charge in [-0.05, 0) is 44.4 Å². The third-order valence-corrected chi connectivity index (χ3v) is 4.87. The van der Waals surface area contributed by atoms with Gasteiger partial charge in [0.15, 0.2) is 0 Å². The van der Waals surface area contributed by atoms with Crippen molar-refractivity contribution in [2.45, 2.75) is 45.8 Å². The van der Waals surface area contributed by atoms with Crippen LogP contribution in [0.15, 0.2) is 64.2 Å². The van der Waals surface area contributed by atoms with Crippen LogP contribution in [-0.2, 0) is 24.3 Å². The predicted octanol–water partition coefficient (Wildman–Crippen LogP) is 2.32. The van der Waals surface area contributed by atoms with E-state index < -0.39 is 5.69 Å². The van der Waals surface area contributed by atoms with Gasteiger partial charge in [-0.1, -0.05) is 42.5 Å². The Balaban J connectivity index is 1.76. The summed E-state index contributed by atoms with van der Waals surface area (Å²) in [5.74, 6) is -0.242. The summed E-state index contributed by atoms with van der Waals surface area (Å²) in [5.41, 5.74) is 0.921. The minimum Gasteiger partial charge on any atom is -0.352 e. The first kappa shape index (κ1) is 19.6. The SMILES string of the molecule is CCn1c(=O)c2ccccc2n(CC(=O)N[C@H](C)CCc2ccccc2)c1=O. The molecule has 0 saturated heterocycles. The van der Waals surface area contributed by atoms with E-state index >= 15 is 0 Å². The fourth-order valence-electron chi connectivity index (χ4n) is 3.37. The molecular formula is C22H25N3O3. The summed E-state index contributed by atoms with van der Waals surface area (Å²) in [5, 5.41) is 3.40. The van der Waals surface area contributed by atoms with Gasteiger partial charge in [-0.15, -0.1) is 0 Å². The first-order chi connectivity index (χ1) is 13.5. The minimum absolute atomic E-state index is 0.0215. The van der Waals surface area contributed by atoms with Crippen LogP contribution in [0.5, 0.6) is 0 Å². The number of amides is 1. The average Bonchev–Trinajstić information content (AvgIpc) is 2.71. The highest BCUT2D eigenvalue weighted by atomic mass is 16.2. The van der Waals surface area contributed by atoms with E-state index in [1.54, 1.807) is 31.2 Å². The Morgan fingerprint density at radius 2 is 1.68 bits per heavy atom. The zero-order chi connectivity index (χ0) is 20.1. The molecule has 2 aromatic carbocycles. The first-order valence-electron chi connectivity index (χ1n) is 9.57. The number of fused-ring (bicyclic) bond motifs is 1. The number of benzene rings is 2. The molecule has 6 nitrogen and oxygen atoms in total. The number of nitrogens with one attached hydrogen (secondary N) is 1. The Kier molecular flexibility index (Phi) is 6.09. The van der Waals surface area contributed by atoms with Crippen LogP contribution in [0.2, 0.25) is 0 Å². The van der Waals surface area contributed by atoms with Crippen molar-refractivity contribution in [1.82, 2.24) is 14.5 Å². The Morgan fingerprint density at radius 3 is 2.39 bits per heavy atom. The molecule has 3 aromatic rings. The van der Waals surface area contributed by atoms with Gasteiger partial charge in [0, 0.05) is 12.6 Å². The van der Waals surface area contributed by atoms with Crippen LogP contribution in [0.4, 0.5) is 0 Å². The zero-order valence-corrected chi connectivity index (χ0v) is 16.2. The van der Waals surface area contributed by atoms with Crippen LogP contribution in [0.25, 0.3) is 10.9 Å². The summed E-state index contributed by atoms with van der Waals surface area (Å²) in [6, 6.07) is 17.0. The Labute approximate surface area is 163 Å². The van der Waals surface area contributed by atoms with Crippen molar-refractivity contribution in [3.63, 3.8) is 0 Å². The Hall–Kier alpha value is -3.15. The van der Waals surface area contributed by atoms with E-state index in [0.717, 1.165) is 17.4 Å². The summed E-state index contributed by atoms with van der Waals surface area (Å²) in [6.45, 7) is 3.84. The minimum atomic E-state index is -0.460. The van der Waals surface area contributed by atoms with E-state index in [-0.39, 0.29) is 30.6 Å². The van der Waals surface area contributed by atoms with E-state index in [4.69, 9.17) is 0 Å². The van der Waals surface area contributed by atoms with E-state index in [0.29, 0.717) is 10.9 Å². The second-order valence-corrected chi connectivity index (χ2v) is 6.93. The van der Waals surface area contributed by atoms with Gasteiger partial charge in [-0.3, -0.25) is 18.7 Å². The molecule has 28 heavy (non-hydrogen) atoms. The lowest BCUT2D eigenvalue weighted by atomic mass is 10.1. The van der Waals surface area contributed by atoms with Crippen molar-refractivity contribution in [3.05, 3.63) is 81.0 Å². The lowest BCUT2D eigenvalue weighted by molar-refractivity contribution is -0.122. The van der Waals surface area contributed by atoms with Crippen LogP contribution < -0.4 is 16.6 Å². The van der Waals surface area contributed by atoms with Crippen LogP contribution in [-0.4, -0.2) is 21.1 Å². The maximum absolute atomic E-state index is 12.7. The second kappa shape index (κ2) is 8.69. The van der Waals surface area contributed by atoms with E-state index in [9.17, 15) is 14.4 Å². The van der Waals surface area contributed by atoms with Gasteiger partial charge in [0.2, 0.25) is 5.91 Å². The number of carbonyl (C=O) groups is 1. The molecule has 0 aliphatic carbocycles. The summed E-state index contributed by atoms with van der Waals surface area (Å²) in [6.07, 6.45) is 1.67. The molecule has 0 saturated carbocycles. The molecule has 3 rings (SSSR count). The van der Waals surface area contributed by atoms with Gasteiger partial charge < -0.3 is 5.32 Å². The highest BCUT2D eigenvalue weighted by Gasteiger charge is 2.15. The maximum atomic E-state index is 12.7. The van der Waals surface area contributed by atoms with Gasteiger partial charge in [-0.25, -0.2) is 4.79 Å². The number of rotatable bonds is 7. The lowest BCUT2D eigenvalue weighted by Gasteiger charge is -2.16. The normalized spacial score (nSPS) is 12.1. The van der Waals surface area contributed by atoms with Crippen molar-refractivity contribution in [3.8, 4) is 0 Å². The highest BCUT2D eigenvalue weighted by Crippen LogP contribution is 2.08. The highest BCUT2D eigenvalue weighted by molar-refractivity contribution is 5.81. The standard InChI is InChI=1S/C22H25N3O3/c1-3-24-21(27)18-11-7-8-12-19(18)25(22(24)28)15-20(26)23-16(2)13-14-17-9-5-4-6-10-17/h4-12,16H,3,13-15H2,1-2H3,(H,23,26)/t16-/m1/s1. The molecule has 1 atom stereocenters. The number of nitrogens with zero attached hydrogens (tertiary/aromatic N) is 2. The summed E-state index contributed by atoms with van der Waals surface area (Å²) in [4.78, 5) is 37.7. The van der Waals surface area contributed by atoms with Gasteiger partial charge in [0.05, 0.1) is 10.9 Å². The molecule has 0 aliphatic rings.